The highest BCUT2D eigenvalue weighted by atomic mass is 35.5. The van der Waals surface area contributed by atoms with Gasteiger partial charge in [-0.05, 0) is 49.3 Å². The topological polar surface area (TPSA) is 20.3 Å². The van der Waals surface area contributed by atoms with Crippen molar-refractivity contribution in [2.24, 2.45) is 0 Å². The molecule has 1 aromatic carbocycles. The van der Waals surface area contributed by atoms with Gasteiger partial charge in [-0.15, -0.1) is 0 Å². The minimum absolute atomic E-state index is 0.394. The van der Waals surface area contributed by atoms with Crippen molar-refractivity contribution >= 4 is 16.8 Å². The van der Waals surface area contributed by atoms with Crippen LogP contribution in [-0.2, 0) is 6.54 Å². The number of hydrogen-bond donors (Lipinski definition) is 0. The Morgan fingerprint density at radius 1 is 1.17 bits per heavy atom. The first-order valence-corrected chi connectivity index (χ1v) is 6.98. The van der Waals surface area contributed by atoms with Crippen molar-refractivity contribution in [3.8, 4) is 0 Å². The number of rotatable bonds is 8. The van der Waals surface area contributed by atoms with Crippen LogP contribution in [-0.4, -0.2) is 23.7 Å². The van der Waals surface area contributed by atoms with E-state index in [9.17, 15) is 4.79 Å². The summed E-state index contributed by atoms with van der Waals surface area (Å²) in [6.45, 7) is 4.27. The van der Waals surface area contributed by atoms with Crippen LogP contribution in [0.15, 0.2) is 24.3 Å². The minimum Gasteiger partial charge on any atom is -0.302 e. The van der Waals surface area contributed by atoms with E-state index in [1.54, 1.807) is 12.1 Å². The van der Waals surface area contributed by atoms with Gasteiger partial charge in [-0.1, -0.05) is 38.3 Å². The molecule has 0 radical (unpaired) electrons. The number of carbonyl (C=O) groups is 1. The molecular weight excluding hydrogens is 246 g/mol. The zero-order valence-corrected chi connectivity index (χ0v) is 12.0. The SMILES string of the molecule is CCCCCCN(C)Cc1ccc(C(=O)Cl)cc1. The van der Waals surface area contributed by atoms with Gasteiger partial charge in [0.2, 0.25) is 0 Å². The second kappa shape index (κ2) is 8.28. The number of halogens is 1. The highest BCUT2D eigenvalue weighted by Crippen LogP contribution is 2.09. The third-order valence-corrected chi connectivity index (χ3v) is 3.24. The number of carbonyl (C=O) groups excluding carboxylic acids is 1. The molecule has 0 N–H and O–H groups in total. The van der Waals surface area contributed by atoms with E-state index in [1.165, 1.54) is 31.2 Å². The molecule has 0 aliphatic rings. The van der Waals surface area contributed by atoms with Gasteiger partial charge in [0.25, 0.3) is 5.24 Å². The second-order valence-corrected chi connectivity index (χ2v) is 5.11. The smallest absolute Gasteiger partial charge is 0.252 e. The molecule has 0 aliphatic carbocycles. The summed E-state index contributed by atoms with van der Waals surface area (Å²) in [6.07, 6.45) is 5.15. The first-order valence-electron chi connectivity index (χ1n) is 6.60. The van der Waals surface area contributed by atoms with Gasteiger partial charge >= 0.3 is 0 Å². The molecule has 0 amide bonds. The Hall–Kier alpha value is -0.860. The predicted molar refractivity (Wildman–Crippen MR) is 77.1 cm³/mol. The summed E-state index contributed by atoms with van der Waals surface area (Å²) in [5.74, 6) is 0. The molecule has 0 spiro atoms. The monoisotopic (exact) mass is 267 g/mol. The van der Waals surface area contributed by atoms with Crippen molar-refractivity contribution in [1.82, 2.24) is 4.90 Å². The zero-order valence-electron chi connectivity index (χ0n) is 11.3. The van der Waals surface area contributed by atoms with E-state index in [0.717, 1.165) is 13.1 Å². The van der Waals surface area contributed by atoms with Crippen LogP contribution in [0.3, 0.4) is 0 Å². The molecular formula is C15H22ClNO. The molecule has 0 aromatic heterocycles. The molecule has 0 fully saturated rings. The van der Waals surface area contributed by atoms with E-state index >= 15 is 0 Å². The second-order valence-electron chi connectivity index (χ2n) is 4.77. The largest absolute Gasteiger partial charge is 0.302 e. The molecule has 2 nitrogen and oxygen atoms in total. The van der Waals surface area contributed by atoms with Gasteiger partial charge in [0.15, 0.2) is 0 Å². The van der Waals surface area contributed by atoms with Crippen LogP contribution in [0.4, 0.5) is 0 Å². The van der Waals surface area contributed by atoms with Gasteiger partial charge in [-0.2, -0.15) is 0 Å². The molecule has 100 valence electrons. The van der Waals surface area contributed by atoms with E-state index < -0.39 is 5.24 Å². The summed E-state index contributed by atoms with van der Waals surface area (Å²) < 4.78 is 0. The maximum absolute atomic E-state index is 10.9. The Kier molecular flexibility index (Phi) is 6.99. The fourth-order valence-corrected chi connectivity index (χ4v) is 2.07. The molecule has 0 atom stereocenters. The highest BCUT2D eigenvalue weighted by Gasteiger charge is 2.03. The third kappa shape index (κ3) is 5.65. The van der Waals surface area contributed by atoms with Gasteiger partial charge in [0.1, 0.15) is 0 Å². The molecule has 0 bridgehead atoms. The molecule has 3 heteroatoms. The van der Waals surface area contributed by atoms with Gasteiger partial charge in [0, 0.05) is 12.1 Å². The van der Waals surface area contributed by atoms with Crippen molar-refractivity contribution in [3.05, 3.63) is 35.4 Å². The number of hydrogen-bond acceptors (Lipinski definition) is 2. The number of unbranched alkanes of at least 4 members (excludes halogenated alkanes) is 3. The lowest BCUT2D eigenvalue weighted by atomic mass is 10.1. The summed E-state index contributed by atoms with van der Waals surface area (Å²) >= 11 is 5.41. The van der Waals surface area contributed by atoms with Crippen LogP contribution in [0.25, 0.3) is 0 Å². The summed E-state index contributed by atoms with van der Waals surface area (Å²) in [6, 6.07) is 7.52. The quantitative estimate of drug-likeness (QED) is 0.523. The van der Waals surface area contributed by atoms with E-state index in [0.29, 0.717) is 5.56 Å². The van der Waals surface area contributed by atoms with Crippen LogP contribution in [0, 0.1) is 0 Å². The summed E-state index contributed by atoms with van der Waals surface area (Å²) in [4.78, 5) is 13.2. The van der Waals surface area contributed by atoms with Crippen LogP contribution in [0.1, 0.15) is 48.5 Å². The zero-order chi connectivity index (χ0) is 13.4. The van der Waals surface area contributed by atoms with Gasteiger partial charge in [0.05, 0.1) is 0 Å². The fraction of sp³-hybridized carbons (Fsp3) is 0.533. The molecule has 0 heterocycles. The molecule has 1 aromatic rings. The maximum Gasteiger partial charge on any atom is 0.252 e. The Morgan fingerprint density at radius 2 is 1.83 bits per heavy atom. The average molecular weight is 268 g/mol. The number of nitrogens with zero attached hydrogens (tertiary/aromatic N) is 1. The average Bonchev–Trinajstić information content (AvgIpc) is 2.35. The highest BCUT2D eigenvalue weighted by molar-refractivity contribution is 6.67. The summed E-state index contributed by atoms with van der Waals surface area (Å²) in [5.41, 5.74) is 1.78. The summed E-state index contributed by atoms with van der Waals surface area (Å²) in [5, 5.41) is -0.394. The predicted octanol–water partition coefficient (Wildman–Crippen LogP) is 4.08. The van der Waals surface area contributed by atoms with E-state index in [2.05, 4.69) is 18.9 Å². The van der Waals surface area contributed by atoms with Gasteiger partial charge < -0.3 is 4.90 Å². The van der Waals surface area contributed by atoms with Gasteiger partial charge in [-0.3, -0.25) is 4.79 Å². The standard InChI is InChI=1S/C15H22ClNO/c1-3-4-5-6-11-17(2)12-13-7-9-14(10-8-13)15(16)18/h7-10H,3-6,11-12H2,1-2H3. The molecule has 0 saturated heterocycles. The Morgan fingerprint density at radius 3 is 2.39 bits per heavy atom. The molecule has 0 unspecified atom stereocenters. The first kappa shape index (κ1) is 15.2. The summed E-state index contributed by atoms with van der Waals surface area (Å²) in [7, 11) is 2.13. The normalized spacial score (nSPS) is 10.9. The number of benzene rings is 1. The van der Waals surface area contributed by atoms with E-state index in [4.69, 9.17) is 11.6 Å². The lowest BCUT2D eigenvalue weighted by Crippen LogP contribution is -2.19. The molecule has 0 aliphatic heterocycles. The lowest BCUT2D eigenvalue weighted by molar-refractivity contribution is 0.108. The van der Waals surface area contributed by atoms with Crippen molar-refractivity contribution < 1.29 is 4.79 Å². The molecule has 18 heavy (non-hydrogen) atoms. The molecule has 0 saturated carbocycles. The van der Waals surface area contributed by atoms with Crippen LogP contribution in [0.2, 0.25) is 0 Å². The Bertz CT molecular complexity index is 361. The van der Waals surface area contributed by atoms with Crippen LogP contribution in [0.5, 0.6) is 0 Å². The van der Waals surface area contributed by atoms with Crippen molar-refractivity contribution in [1.29, 1.82) is 0 Å². The Balaban J connectivity index is 2.35. The van der Waals surface area contributed by atoms with Crippen molar-refractivity contribution in [2.75, 3.05) is 13.6 Å². The minimum atomic E-state index is -0.394. The van der Waals surface area contributed by atoms with Gasteiger partial charge in [-0.25, -0.2) is 0 Å². The maximum atomic E-state index is 10.9. The first-order chi connectivity index (χ1) is 8.63. The third-order valence-electron chi connectivity index (χ3n) is 3.03. The van der Waals surface area contributed by atoms with E-state index in [1.807, 2.05) is 12.1 Å². The van der Waals surface area contributed by atoms with Crippen molar-refractivity contribution in [3.63, 3.8) is 0 Å². The Labute approximate surface area is 115 Å². The fourth-order valence-electron chi connectivity index (χ4n) is 1.94. The van der Waals surface area contributed by atoms with E-state index in [-0.39, 0.29) is 0 Å². The molecule has 1 rings (SSSR count). The lowest BCUT2D eigenvalue weighted by Gasteiger charge is -2.16. The van der Waals surface area contributed by atoms with Crippen LogP contribution >= 0.6 is 11.6 Å². The van der Waals surface area contributed by atoms with Crippen molar-refractivity contribution in [2.45, 2.75) is 39.2 Å². The van der Waals surface area contributed by atoms with Crippen LogP contribution < -0.4 is 0 Å².